The van der Waals surface area contributed by atoms with Gasteiger partial charge in [-0.1, -0.05) is 6.07 Å². The van der Waals surface area contributed by atoms with E-state index in [9.17, 15) is 8.42 Å². The Hall–Kier alpha value is -3.89. The van der Waals surface area contributed by atoms with Crippen LogP contribution in [0.5, 0.6) is 0 Å². The smallest absolute Gasteiger partial charge is 0.229 e. The highest BCUT2D eigenvalue weighted by atomic mass is 32.2. The lowest BCUT2D eigenvalue weighted by atomic mass is 9.96. The highest BCUT2D eigenvalue weighted by Crippen LogP contribution is 2.44. The summed E-state index contributed by atoms with van der Waals surface area (Å²) in [6.07, 6.45) is 2.95. The number of hydrogen-bond donors (Lipinski definition) is 2. The summed E-state index contributed by atoms with van der Waals surface area (Å²) in [6, 6.07) is 21.9. The zero-order valence-corrected chi connectivity index (χ0v) is 25.1. The summed E-state index contributed by atoms with van der Waals surface area (Å²) < 4.78 is 28.6. The molecule has 0 unspecified atom stereocenters. The third-order valence-electron chi connectivity index (χ3n) is 7.29. The highest BCUT2D eigenvalue weighted by Gasteiger charge is 2.42. The summed E-state index contributed by atoms with van der Waals surface area (Å²) >= 11 is 5.92. The van der Waals surface area contributed by atoms with Crippen molar-refractivity contribution in [2.75, 3.05) is 34.9 Å². The standard InChI is InChI=1S/C30H34N6O2S2/c1-19-17-24(14-15-26(19)33-40(6,37)38)36-29(28(32-30(36)39)27-9-7-8-16-31-27)25-18-20(2)35(21(25)3)23-12-10-22(11-13-23)34(4)5/h7-18,28-29,33H,1-6H3,(H,32,39)/t28-,29-/m1/s1. The lowest BCUT2D eigenvalue weighted by molar-refractivity contribution is 0.565. The van der Waals surface area contributed by atoms with E-state index in [1.807, 2.05) is 51.4 Å². The maximum absolute atomic E-state index is 11.9. The van der Waals surface area contributed by atoms with Crippen molar-refractivity contribution >= 4 is 44.4 Å². The van der Waals surface area contributed by atoms with E-state index in [1.54, 1.807) is 12.3 Å². The lowest BCUT2D eigenvalue weighted by Gasteiger charge is -2.29. The Morgan fingerprint density at radius 2 is 1.68 bits per heavy atom. The van der Waals surface area contributed by atoms with Crippen LogP contribution in [-0.4, -0.2) is 43.4 Å². The number of sulfonamides is 1. The van der Waals surface area contributed by atoms with Crippen LogP contribution in [-0.2, 0) is 10.0 Å². The quantitative estimate of drug-likeness (QED) is 0.286. The van der Waals surface area contributed by atoms with Gasteiger partial charge in [-0.3, -0.25) is 9.71 Å². The minimum absolute atomic E-state index is 0.184. The van der Waals surface area contributed by atoms with Gasteiger partial charge >= 0.3 is 0 Å². The zero-order chi connectivity index (χ0) is 28.8. The largest absolute Gasteiger partial charge is 0.378 e. The lowest BCUT2D eigenvalue weighted by Crippen LogP contribution is -2.29. The van der Waals surface area contributed by atoms with E-state index in [2.05, 4.69) is 73.6 Å². The van der Waals surface area contributed by atoms with Crippen molar-refractivity contribution in [3.8, 4) is 5.69 Å². The summed E-state index contributed by atoms with van der Waals surface area (Å²) in [5.74, 6) is 0. The Kier molecular flexibility index (Phi) is 7.32. The second-order valence-electron chi connectivity index (χ2n) is 10.4. The van der Waals surface area contributed by atoms with E-state index in [1.165, 1.54) is 0 Å². The molecule has 8 nitrogen and oxygen atoms in total. The van der Waals surface area contributed by atoms with E-state index < -0.39 is 10.0 Å². The second kappa shape index (κ2) is 10.6. The zero-order valence-electron chi connectivity index (χ0n) is 23.5. The van der Waals surface area contributed by atoms with Crippen LogP contribution in [0.2, 0.25) is 0 Å². The van der Waals surface area contributed by atoms with Gasteiger partial charge in [0.2, 0.25) is 10.0 Å². The van der Waals surface area contributed by atoms with Crippen LogP contribution in [0.15, 0.2) is 72.9 Å². The number of nitrogens with one attached hydrogen (secondary N) is 2. The number of aromatic nitrogens is 2. The van der Waals surface area contributed by atoms with Crippen molar-refractivity contribution < 1.29 is 8.42 Å². The molecule has 5 rings (SSSR count). The molecule has 0 bridgehead atoms. The Labute approximate surface area is 241 Å². The van der Waals surface area contributed by atoms with Crippen molar-refractivity contribution in [2.24, 2.45) is 0 Å². The average molecular weight is 575 g/mol. The predicted octanol–water partition coefficient (Wildman–Crippen LogP) is 5.41. The van der Waals surface area contributed by atoms with Gasteiger partial charge in [0.25, 0.3) is 0 Å². The van der Waals surface area contributed by atoms with Crippen LogP contribution < -0.4 is 19.8 Å². The summed E-state index contributed by atoms with van der Waals surface area (Å²) in [6.45, 7) is 6.15. The number of hydrogen-bond acceptors (Lipinski definition) is 5. The van der Waals surface area contributed by atoms with Crippen LogP contribution in [0.1, 0.15) is 40.3 Å². The molecule has 2 N–H and O–H groups in total. The van der Waals surface area contributed by atoms with Crippen molar-refractivity contribution in [3.63, 3.8) is 0 Å². The van der Waals surface area contributed by atoms with E-state index in [0.29, 0.717) is 10.8 Å². The molecular weight excluding hydrogens is 541 g/mol. The Balaban J connectivity index is 1.63. The first kappa shape index (κ1) is 27.7. The molecule has 0 spiro atoms. The molecule has 1 fully saturated rings. The molecule has 3 heterocycles. The van der Waals surface area contributed by atoms with Crippen molar-refractivity contribution in [3.05, 3.63) is 101 Å². The molecule has 0 radical (unpaired) electrons. The summed E-state index contributed by atoms with van der Waals surface area (Å²) in [7, 11) is 0.672. The molecule has 0 saturated carbocycles. The molecule has 0 amide bonds. The number of aryl methyl sites for hydroxylation is 2. The third-order valence-corrected chi connectivity index (χ3v) is 8.20. The van der Waals surface area contributed by atoms with Gasteiger partial charge in [0, 0.05) is 48.7 Å². The topological polar surface area (TPSA) is 82.5 Å². The first-order chi connectivity index (χ1) is 18.9. The Morgan fingerprint density at radius 3 is 2.27 bits per heavy atom. The fraction of sp³-hybridized carbons (Fsp3) is 0.267. The van der Waals surface area contributed by atoms with Crippen LogP contribution in [0, 0.1) is 20.8 Å². The van der Waals surface area contributed by atoms with E-state index >= 15 is 0 Å². The number of rotatable bonds is 7. The van der Waals surface area contributed by atoms with E-state index in [4.69, 9.17) is 12.2 Å². The maximum Gasteiger partial charge on any atom is 0.229 e. The van der Waals surface area contributed by atoms with Gasteiger partial charge in [0.1, 0.15) is 0 Å². The van der Waals surface area contributed by atoms with Crippen LogP contribution in [0.3, 0.4) is 0 Å². The van der Waals surface area contributed by atoms with Gasteiger partial charge in [0.05, 0.1) is 29.7 Å². The SMILES string of the molecule is Cc1cc(N2C(=S)N[C@H](c3ccccn3)[C@H]2c2cc(C)n(-c3ccc(N(C)C)cc3)c2C)ccc1NS(C)(=O)=O. The molecule has 2 aromatic heterocycles. The molecule has 208 valence electrons. The Morgan fingerprint density at radius 1 is 0.975 bits per heavy atom. The van der Waals surface area contributed by atoms with Crippen molar-refractivity contribution in [2.45, 2.75) is 32.9 Å². The molecule has 2 aromatic carbocycles. The molecule has 1 aliphatic rings. The number of benzene rings is 2. The van der Waals surface area contributed by atoms with Crippen LogP contribution >= 0.6 is 12.2 Å². The second-order valence-corrected chi connectivity index (χ2v) is 12.6. The predicted molar refractivity (Wildman–Crippen MR) is 167 cm³/mol. The fourth-order valence-corrected chi connectivity index (χ4v) is 6.42. The number of nitrogens with zero attached hydrogens (tertiary/aromatic N) is 4. The first-order valence-corrected chi connectivity index (χ1v) is 15.3. The summed E-state index contributed by atoms with van der Waals surface area (Å²) in [5, 5.41) is 4.11. The molecule has 2 atom stereocenters. The van der Waals surface area contributed by atoms with E-state index in [0.717, 1.165) is 51.5 Å². The van der Waals surface area contributed by atoms with Gasteiger partial charge in [-0.25, -0.2) is 8.42 Å². The number of anilines is 3. The van der Waals surface area contributed by atoms with Crippen LogP contribution in [0.25, 0.3) is 5.69 Å². The van der Waals surface area contributed by atoms with Gasteiger partial charge in [-0.05, 0) is 105 Å². The van der Waals surface area contributed by atoms with Gasteiger partial charge < -0.3 is 19.7 Å². The van der Waals surface area contributed by atoms with Crippen molar-refractivity contribution in [1.82, 2.24) is 14.9 Å². The number of thiocarbonyl (C=S) groups is 1. The third kappa shape index (κ3) is 5.29. The normalized spacial score (nSPS) is 17.1. The van der Waals surface area contributed by atoms with Crippen LogP contribution in [0.4, 0.5) is 17.1 Å². The molecule has 4 aromatic rings. The van der Waals surface area contributed by atoms with E-state index in [-0.39, 0.29) is 12.1 Å². The van der Waals surface area contributed by atoms with Gasteiger partial charge in [-0.2, -0.15) is 0 Å². The summed E-state index contributed by atoms with van der Waals surface area (Å²) in [4.78, 5) is 8.88. The minimum Gasteiger partial charge on any atom is -0.378 e. The fourth-order valence-electron chi connectivity index (χ4n) is 5.45. The molecule has 0 aliphatic carbocycles. The number of pyridine rings is 1. The first-order valence-electron chi connectivity index (χ1n) is 13.0. The Bertz CT molecular complexity index is 1660. The monoisotopic (exact) mass is 574 g/mol. The molecule has 1 aliphatic heterocycles. The van der Waals surface area contributed by atoms with Gasteiger partial charge in [-0.15, -0.1) is 0 Å². The van der Waals surface area contributed by atoms with Crippen molar-refractivity contribution in [1.29, 1.82) is 0 Å². The average Bonchev–Trinajstić information content (AvgIpc) is 3.40. The molecular formula is C30H34N6O2S2. The summed E-state index contributed by atoms with van der Waals surface area (Å²) in [5.41, 5.74) is 8.71. The highest BCUT2D eigenvalue weighted by molar-refractivity contribution is 7.92. The molecule has 1 saturated heterocycles. The molecule has 40 heavy (non-hydrogen) atoms. The molecule has 10 heteroatoms. The van der Waals surface area contributed by atoms with Gasteiger partial charge in [0.15, 0.2) is 5.11 Å². The maximum atomic E-state index is 11.9. The minimum atomic E-state index is -3.40.